The third-order valence-corrected chi connectivity index (χ3v) is 8.21. The van der Waals surface area contributed by atoms with Crippen molar-refractivity contribution in [3.63, 3.8) is 0 Å². The third kappa shape index (κ3) is 4.14. The van der Waals surface area contributed by atoms with E-state index in [4.69, 9.17) is 0 Å². The van der Waals surface area contributed by atoms with Crippen LogP contribution in [0.1, 0.15) is 55.0 Å². The summed E-state index contributed by atoms with van der Waals surface area (Å²) >= 11 is 0. The number of sulfone groups is 1. The van der Waals surface area contributed by atoms with Gasteiger partial charge in [0.2, 0.25) is 9.84 Å². The van der Waals surface area contributed by atoms with Crippen LogP contribution in [0, 0.1) is 6.92 Å². The average molecular weight is 476 g/mol. The molecule has 0 radical (unpaired) electrons. The SMILES string of the molecule is CCc1ccc(N2C(=O)C(O)=C(S(=O)(=O)c3ccc(C)cc3)[C@@H]2c2ccc(C(C)C)cc2)cc1. The molecule has 1 aliphatic heterocycles. The van der Waals surface area contributed by atoms with Crippen LogP contribution >= 0.6 is 0 Å². The molecule has 0 spiro atoms. The molecule has 6 heteroatoms. The van der Waals surface area contributed by atoms with Gasteiger partial charge in [-0.2, -0.15) is 0 Å². The van der Waals surface area contributed by atoms with E-state index in [-0.39, 0.29) is 9.80 Å². The Kier molecular flexibility index (Phi) is 6.36. The van der Waals surface area contributed by atoms with E-state index in [1.165, 1.54) is 17.0 Å². The van der Waals surface area contributed by atoms with E-state index in [2.05, 4.69) is 13.8 Å². The summed E-state index contributed by atoms with van der Waals surface area (Å²) in [5.41, 5.74) is 4.26. The predicted octanol–water partition coefficient (Wildman–Crippen LogP) is 6.01. The normalized spacial score (nSPS) is 16.6. The number of rotatable bonds is 6. The van der Waals surface area contributed by atoms with Crippen molar-refractivity contribution in [2.75, 3.05) is 4.90 Å². The molecule has 1 amide bonds. The Hall–Kier alpha value is -3.38. The first-order valence-corrected chi connectivity index (χ1v) is 12.9. The van der Waals surface area contributed by atoms with Crippen LogP contribution in [-0.4, -0.2) is 19.4 Å². The topological polar surface area (TPSA) is 74.7 Å². The van der Waals surface area contributed by atoms with Gasteiger partial charge in [-0.05, 0) is 60.2 Å². The minimum Gasteiger partial charge on any atom is -0.502 e. The van der Waals surface area contributed by atoms with E-state index in [0.29, 0.717) is 17.2 Å². The summed E-state index contributed by atoms with van der Waals surface area (Å²) in [5.74, 6) is -1.16. The first kappa shape index (κ1) is 23.8. The highest BCUT2D eigenvalue weighted by Crippen LogP contribution is 2.45. The zero-order valence-electron chi connectivity index (χ0n) is 19.8. The van der Waals surface area contributed by atoms with Crippen LogP contribution in [0.4, 0.5) is 5.69 Å². The third-order valence-electron chi connectivity index (χ3n) is 6.32. The first-order valence-electron chi connectivity index (χ1n) is 11.4. The van der Waals surface area contributed by atoms with E-state index in [1.54, 1.807) is 24.3 Å². The number of hydrogen-bond acceptors (Lipinski definition) is 4. The van der Waals surface area contributed by atoms with Crippen molar-refractivity contribution in [1.82, 2.24) is 0 Å². The minimum atomic E-state index is -4.15. The van der Waals surface area contributed by atoms with E-state index < -0.39 is 27.5 Å². The number of benzene rings is 3. The van der Waals surface area contributed by atoms with Gasteiger partial charge in [-0.15, -0.1) is 0 Å². The van der Waals surface area contributed by atoms with Gasteiger partial charge in [0, 0.05) is 5.69 Å². The van der Waals surface area contributed by atoms with Gasteiger partial charge in [-0.25, -0.2) is 8.42 Å². The minimum absolute atomic E-state index is 0.0411. The Balaban J connectivity index is 1.90. The number of anilines is 1. The number of carbonyl (C=O) groups is 1. The molecule has 34 heavy (non-hydrogen) atoms. The molecule has 0 aromatic heterocycles. The maximum Gasteiger partial charge on any atom is 0.295 e. The number of carbonyl (C=O) groups excluding carboxylic acids is 1. The Bertz CT molecular complexity index is 1340. The monoisotopic (exact) mass is 475 g/mol. The van der Waals surface area contributed by atoms with Crippen LogP contribution in [0.15, 0.2) is 88.4 Å². The molecular formula is C28H29NO4S. The molecule has 0 bridgehead atoms. The smallest absolute Gasteiger partial charge is 0.295 e. The van der Waals surface area contributed by atoms with Gasteiger partial charge in [0.1, 0.15) is 10.9 Å². The lowest BCUT2D eigenvalue weighted by Crippen LogP contribution is -2.31. The molecule has 0 unspecified atom stereocenters. The zero-order chi connectivity index (χ0) is 24.6. The van der Waals surface area contributed by atoms with Crippen molar-refractivity contribution in [1.29, 1.82) is 0 Å². The quantitative estimate of drug-likeness (QED) is 0.474. The molecule has 1 atom stereocenters. The Morgan fingerprint density at radius 1 is 0.912 bits per heavy atom. The fraction of sp³-hybridized carbons (Fsp3) is 0.250. The zero-order valence-corrected chi connectivity index (χ0v) is 20.6. The van der Waals surface area contributed by atoms with Crippen LogP contribution < -0.4 is 4.90 Å². The van der Waals surface area contributed by atoms with Crippen LogP contribution in [0.5, 0.6) is 0 Å². The summed E-state index contributed by atoms with van der Waals surface area (Å²) in [7, 11) is -4.15. The molecule has 0 fully saturated rings. The molecule has 5 nitrogen and oxygen atoms in total. The Labute approximate surface area is 201 Å². The predicted molar refractivity (Wildman–Crippen MR) is 135 cm³/mol. The van der Waals surface area contributed by atoms with Crippen LogP contribution in [-0.2, 0) is 21.1 Å². The van der Waals surface area contributed by atoms with Gasteiger partial charge >= 0.3 is 0 Å². The number of aliphatic hydroxyl groups excluding tert-OH is 1. The molecule has 0 aliphatic carbocycles. The molecule has 4 rings (SSSR count). The standard InChI is InChI=1S/C28H29NO4S/c1-5-20-8-14-23(15-9-20)29-25(22-12-10-21(11-13-22)18(2)3)27(26(30)28(29)31)34(32,33)24-16-6-19(4)7-17-24/h6-18,25,30H,5H2,1-4H3/t25-/m0/s1. The van der Waals surface area contributed by atoms with Crippen LogP contribution in [0.3, 0.4) is 0 Å². The maximum absolute atomic E-state index is 13.7. The molecule has 1 aliphatic rings. The molecule has 3 aromatic carbocycles. The lowest BCUT2D eigenvalue weighted by molar-refractivity contribution is -0.117. The fourth-order valence-corrected chi connectivity index (χ4v) is 5.85. The average Bonchev–Trinajstić information content (AvgIpc) is 3.10. The second kappa shape index (κ2) is 9.11. The van der Waals surface area contributed by atoms with Crippen LogP contribution in [0.2, 0.25) is 0 Å². The largest absolute Gasteiger partial charge is 0.502 e. The Morgan fingerprint density at radius 2 is 1.50 bits per heavy atom. The second-order valence-corrected chi connectivity index (χ2v) is 10.9. The van der Waals surface area contributed by atoms with Crippen molar-refractivity contribution < 1.29 is 18.3 Å². The van der Waals surface area contributed by atoms with Gasteiger partial charge < -0.3 is 5.11 Å². The van der Waals surface area contributed by atoms with Crippen molar-refractivity contribution in [2.24, 2.45) is 0 Å². The van der Waals surface area contributed by atoms with Crippen molar-refractivity contribution in [3.05, 3.63) is 106 Å². The summed E-state index contributed by atoms with van der Waals surface area (Å²) < 4.78 is 27.5. The summed E-state index contributed by atoms with van der Waals surface area (Å²) in [6, 6.07) is 20.4. The van der Waals surface area contributed by atoms with E-state index >= 15 is 0 Å². The van der Waals surface area contributed by atoms with Gasteiger partial charge in [-0.3, -0.25) is 9.69 Å². The van der Waals surface area contributed by atoms with Gasteiger partial charge in [-0.1, -0.05) is 74.9 Å². The van der Waals surface area contributed by atoms with Gasteiger partial charge in [0.15, 0.2) is 5.76 Å². The summed E-state index contributed by atoms with van der Waals surface area (Å²) in [6.07, 6.45) is 0.838. The highest BCUT2D eigenvalue weighted by molar-refractivity contribution is 7.95. The molecule has 1 heterocycles. The lowest BCUT2D eigenvalue weighted by atomic mass is 9.98. The van der Waals surface area contributed by atoms with E-state index in [1.807, 2.05) is 50.2 Å². The van der Waals surface area contributed by atoms with Crippen molar-refractivity contribution in [3.8, 4) is 0 Å². The Morgan fingerprint density at radius 3 is 2.03 bits per heavy atom. The second-order valence-electron chi connectivity index (χ2n) is 8.95. The summed E-state index contributed by atoms with van der Waals surface area (Å²) in [4.78, 5) is 14.4. The summed E-state index contributed by atoms with van der Waals surface area (Å²) in [6.45, 7) is 8.06. The number of aliphatic hydroxyl groups is 1. The molecule has 3 aromatic rings. The summed E-state index contributed by atoms with van der Waals surface area (Å²) in [5, 5.41) is 10.9. The van der Waals surface area contributed by atoms with Gasteiger partial charge in [0.25, 0.3) is 5.91 Å². The van der Waals surface area contributed by atoms with E-state index in [9.17, 15) is 18.3 Å². The van der Waals surface area contributed by atoms with E-state index in [0.717, 1.165) is 23.1 Å². The molecule has 1 N–H and O–H groups in total. The number of amides is 1. The maximum atomic E-state index is 13.7. The first-order chi connectivity index (χ1) is 16.1. The van der Waals surface area contributed by atoms with Crippen molar-refractivity contribution >= 4 is 21.4 Å². The molecule has 176 valence electrons. The lowest BCUT2D eigenvalue weighted by Gasteiger charge is -2.27. The van der Waals surface area contributed by atoms with Gasteiger partial charge in [0.05, 0.1) is 4.90 Å². The molecular weight excluding hydrogens is 446 g/mol. The number of hydrogen-bond donors (Lipinski definition) is 1. The molecule has 0 saturated heterocycles. The number of nitrogens with zero attached hydrogens (tertiary/aromatic N) is 1. The fourth-order valence-electron chi connectivity index (χ4n) is 4.22. The molecule has 0 saturated carbocycles. The highest BCUT2D eigenvalue weighted by Gasteiger charge is 2.47. The number of aryl methyl sites for hydroxylation is 2. The highest BCUT2D eigenvalue weighted by atomic mass is 32.2. The van der Waals surface area contributed by atoms with Crippen molar-refractivity contribution in [2.45, 2.75) is 51.0 Å². The van der Waals surface area contributed by atoms with Crippen LogP contribution in [0.25, 0.3) is 0 Å².